The summed E-state index contributed by atoms with van der Waals surface area (Å²) in [7, 11) is 0. The lowest BCUT2D eigenvalue weighted by Crippen LogP contribution is -2.49. The molecule has 0 spiro atoms. The highest BCUT2D eigenvalue weighted by atomic mass is 19.1. The third-order valence-electron chi connectivity index (χ3n) is 3.80. The van der Waals surface area contributed by atoms with Crippen molar-refractivity contribution in [3.63, 3.8) is 0 Å². The van der Waals surface area contributed by atoms with Gasteiger partial charge in [0.15, 0.2) is 0 Å². The van der Waals surface area contributed by atoms with E-state index in [9.17, 15) is 14.0 Å². The van der Waals surface area contributed by atoms with Crippen molar-refractivity contribution in [3.05, 3.63) is 53.1 Å². The van der Waals surface area contributed by atoms with Gasteiger partial charge in [-0.05, 0) is 17.7 Å². The molecule has 1 aliphatic heterocycles. The van der Waals surface area contributed by atoms with Gasteiger partial charge in [-0.1, -0.05) is 12.1 Å². The highest BCUT2D eigenvalue weighted by molar-refractivity contribution is 5.87. The van der Waals surface area contributed by atoms with E-state index >= 15 is 0 Å². The molecule has 23 heavy (non-hydrogen) atoms. The largest absolute Gasteiger partial charge is 0.477 e. The van der Waals surface area contributed by atoms with Crippen molar-refractivity contribution >= 4 is 11.9 Å². The Kier molecular flexibility index (Phi) is 4.07. The third kappa shape index (κ3) is 3.07. The molecule has 2 aromatic rings. The molecule has 3 N–H and O–H groups in total. The van der Waals surface area contributed by atoms with E-state index in [4.69, 9.17) is 5.11 Å². The number of carbonyl (C=O) groups excluding carboxylic acids is 1. The lowest BCUT2D eigenvalue weighted by Gasteiger charge is -2.35. The van der Waals surface area contributed by atoms with Gasteiger partial charge >= 0.3 is 5.97 Å². The summed E-state index contributed by atoms with van der Waals surface area (Å²) in [6, 6.07) is 5.13. The van der Waals surface area contributed by atoms with Gasteiger partial charge in [-0.25, -0.2) is 9.18 Å². The molecule has 1 atom stereocenters. The molecule has 1 aliphatic rings. The average Bonchev–Trinajstić information content (AvgIpc) is 2.97. The molecule has 7 nitrogen and oxygen atoms in total. The SMILES string of the molecule is O=C(O)c1[nH]ncc1CN1CCNC(=O)[C@@H]1c1ccc(F)cc1. The van der Waals surface area contributed by atoms with Crippen LogP contribution in [0.5, 0.6) is 0 Å². The number of halogens is 1. The van der Waals surface area contributed by atoms with Crippen LogP contribution < -0.4 is 5.32 Å². The van der Waals surface area contributed by atoms with E-state index in [1.165, 1.54) is 18.3 Å². The Balaban J connectivity index is 1.89. The van der Waals surface area contributed by atoms with Crippen molar-refractivity contribution in [2.24, 2.45) is 0 Å². The minimum Gasteiger partial charge on any atom is -0.477 e. The molecule has 0 radical (unpaired) electrons. The fourth-order valence-electron chi connectivity index (χ4n) is 2.73. The molecule has 0 bridgehead atoms. The number of hydrogen-bond donors (Lipinski definition) is 3. The summed E-state index contributed by atoms with van der Waals surface area (Å²) in [4.78, 5) is 25.3. The molecule has 1 aromatic heterocycles. The van der Waals surface area contributed by atoms with Crippen molar-refractivity contribution in [2.75, 3.05) is 13.1 Å². The molecule has 3 rings (SSSR count). The number of rotatable bonds is 4. The zero-order valence-electron chi connectivity index (χ0n) is 12.1. The van der Waals surface area contributed by atoms with Crippen LogP contribution in [-0.2, 0) is 11.3 Å². The second-order valence-corrected chi connectivity index (χ2v) is 5.29. The minimum absolute atomic E-state index is 0.00818. The number of piperazine rings is 1. The molecule has 8 heteroatoms. The molecule has 1 aromatic carbocycles. The smallest absolute Gasteiger partial charge is 0.354 e. The number of aromatic amines is 1. The summed E-state index contributed by atoms with van der Waals surface area (Å²) in [6.45, 7) is 1.28. The number of H-pyrrole nitrogens is 1. The van der Waals surface area contributed by atoms with E-state index in [1.807, 2.05) is 4.90 Å². The van der Waals surface area contributed by atoms with Crippen LogP contribution >= 0.6 is 0 Å². The second kappa shape index (κ2) is 6.17. The minimum atomic E-state index is -1.10. The fraction of sp³-hybridized carbons (Fsp3) is 0.267. The number of aromatic nitrogens is 2. The summed E-state index contributed by atoms with van der Waals surface area (Å²) in [5, 5.41) is 18.1. The van der Waals surface area contributed by atoms with Crippen LogP contribution in [-0.4, -0.2) is 45.2 Å². The zero-order chi connectivity index (χ0) is 16.4. The summed E-state index contributed by atoms with van der Waals surface area (Å²) < 4.78 is 13.1. The first-order chi connectivity index (χ1) is 11.1. The van der Waals surface area contributed by atoms with Gasteiger partial charge in [0, 0.05) is 25.2 Å². The van der Waals surface area contributed by atoms with Gasteiger partial charge in [0.2, 0.25) is 5.91 Å². The van der Waals surface area contributed by atoms with E-state index in [0.717, 1.165) is 0 Å². The Morgan fingerprint density at radius 1 is 1.39 bits per heavy atom. The Morgan fingerprint density at radius 2 is 2.13 bits per heavy atom. The van der Waals surface area contributed by atoms with E-state index < -0.39 is 12.0 Å². The van der Waals surface area contributed by atoms with E-state index in [1.54, 1.807) is 12.1 Å². The van der Waals surface area contributed by atoms with Gasteiger partial charge in [0.05, 0.1) is 6.20 Å². The van der Waals surface area contributed by atoms with Gasteiger partial charge < -0.3 is 10.4 Å². The van der Waals surface area contributed by atoms with E-state index in [-0.39, 0.29) is 24.0 Å². The lowest BCUT2D eigenvalue weighted by atomic mass is 10.0. The van der Waals surface area contributed by atoms with Crippen LogP contribution in [0.15, 0.2) is 30.5 Å². The number of benzene rings is 1. The predicted octanol–water partition coefficient (Wildman–Crippen LogP) is 0.920. The highest BCUT2D eigenvalue weighted by Crippen LogP contribution is 2.26. The first kappa shape index (κ1) is 15.2. The third-order valence-corrected chi connectivity index (χ3v) is 3.80. The normalized spacial score (nSPS) is 18.7. The first-order valence-corrected chi connectivity index (χ1v) is 7.09. The molecule has 0 aliphatic carbocycles. The molecular weight excluding hydrogens is 303 g/mol. The number of carboxylic acid groups (broad SMARTS) is 1. The Bertz CT molecular complexity index is 729. The number of carboxylic acids is 1. The van der Waals surface area contributed by atoms with Crippen LogP contribution in [0.25, 0.3) is 0 Å². The summed E-state index contributed by atoms with van der Waals surface area (Å²) in [5.74, 6) is -1.67. The fourth-order valence-corrected chi connectivity index (χ4v) is 2.73. The molecule has 1 saturated heterocycles. The number of hydrogen-bond acceptors (Lipinski definition) is 4. The van der Waals surface area contributed by atoms with Gasteiger partial charge in [-0.3, -0.25) is 14.8 Å². The van der Waals surface area contributed by atoms with Crippen LogP contribution in [0.4, 0.5) is 4.39 Å². The molecule has 0 saturated carbocycles. The average molecular weight is 318 g/mol. The zero-order valence-corrected chi connectivity index (χ0v) is 12.1. The van der Waals surface area contributed by atoms with Gasteiger partial charge in [0.1, 0.15) is 17.6 Å². The van der Waals surface area contributed by atoms with E-state index in [0.29, 0.717) is 24.2 Å². The standard InChI is InChI=1S/C15H15FN4O3/c16-11-3-1-9(2-4-11)13-14(21)17-5-6-20(13)8-10-7-18-19-12(10)15(22)23/h1-4,7,13H,5-6,8H2,(H,17,21)(H,18,19)(H,22,23)/t13-/m0/s1. The molecular formula is C15H15FN4O3. The van der Waals surface area contributed by atoms with Crippen molar-refractivity contribution < 1.29 is 19.1 Å². The first-order valence-electron chi connectivity index (χ1n) is 7.09. The van der Waals surface area contributed by atoms with Crippen LogP contribution in [0.1, 0.15) is 27.7 Å². The molecule has 120 valence electrons. The van der Waals surface area contributed by atoms with Crippen molar-refractivity contribution in [1.82, 2.24) is 20.4 Å². The maximum Gasteiger partial charge on any atom is 0.354 e. The van der Waals surface area contributed by atoms with Crippen LogP contribution in [0.3, 0.4) is 0 Å². The van der Waals surface area contributed by atoms with Crippen LogP contribution in [0, 0.1) is 5.82 Å². The lowest BCUT2D eigenvalue weighted by molar-refractivity contribution is -0.129. The summed E-state index contributed by atoms with van der Waals surface area (Å²) >= 11 is 0. The predicted molar refractivity (Wildman–Crippen MR) is 78.1 cm³/mol. The summed E-state index contributed by atoms with van der Waals surface area (Å²) in [6.07, 6.45) is 1.44. The number of nitrogens with zero attached hydrogens (tertiary/aromatic N) is 2. The number of amides is 1. The number of carbonyl (C=O) groups is 2. The molecule has 1 amide bonds. The Morgan fingerprint density at radius 3 is 2.83 bits per heavy atom. The maximum atomic E-state index is 13.1. The summed E-state index contributed by atoms with van der Waals surface area (Å²) in [5.41, 5.74) is 1.16. The van der Waals surface area contributed by atoms with Gasteiger partial charge in [-0.15, -0.1) is 0 Å². The Hall–Kier alpha value is -2.74. The van der Waals surface area contributed by atoms with Gasteiger partial charge in [0.25, 0.3) is 0 Å². The molecule has 2 heterocycles. The highest BCUT2D eigenvalue weighted by Gasteiger charge is 2.32. The Labute approximate surface area is 131 Å². The molecule has 0 unspecified atom stereocenters. The quantitative estimate of drug-likeness (QED) is 0.779. The maximum absolute atomic E-state index is 13.1. The number of nitrogens with one attached hydrogen (secondary N) is 2. The van der Waals surface area contributed by atoms with E-state index in [2.05, 4.69) is 15.5 Å². The monoisotopic (exact) mass is 318 g/mol. The van der Waals surface area contributed by atoms with Crippen LogP contribution in [0.2, 0.25) is 0 Å². The van der Waals surface area contributed by atoms with Crippen molar-refractivity contribution in [2.45, 2.75) is 12.6 Å². The molecule has 1 fully saturated rings. The number of aromatic carboxylic acids is 1. The van der Waals surface area contributed by atoms with Gasteiger partial charge in [-0.2, -0.15) is 5.10 Å². The topological polar surface area (TPSA) is 98.3 Å². The van der Waals surface area contributed by atoms with Crippen molar-refractivity contribution in [1.29, 1.82) is 0 Å². The van der Waals surface area contributed by atoms with Crippen molar-refractivity contribution in [3.8, 4) is 0 Å². The second-order valence-electron chi connectivity index (χ2n) is 5.29.